The average molecular weight is 444 g/mol. The lowest BCUT2D eigenvalue weighted by molar-refractivity contribution is -0.159. The second kappa shape index (κ2) is 9.72. The van der Waals surface area contributed by atoms with Crippen molar-refractivity contribution in [1.29, 1.82) is 0 Å². The third-order valence-corrected chi connectivity index (χ3v) is 8.65. The fourth-order valence-electron chi connectivity index (χ4n) is 6.63. The van der Waals surface area contributed by atoms with E-state index in [9.17, 15) is 9.90 Å². The van der Waals surface area contributed by atoms with Crippen LogP contribution in [0.3, 0.4) is 0 Å². The van der Waals surface area contributed by atoms with Crippen molar-refractivity contribution in [2.45, 2.75) is 77.9 Å². The van der Waals surface area contributed by atoms with Crippen LogP contribution < -0.4 is 0 Å². The van der Waals surface area contributed by atoms with Gasteiger partial charge in [0, 0.05) is 32.2 Å². The summed E-state index contributed by atoms with van der Waals surface area (Å²) in [4.78, 5) is 14.2. The lowest BCUT2D eigenvalue weighted by Gasteiger charge is -2.53. The molecule has 4 rings (SSSR count). The fraction of sp³-hybridized carbons (Fsp3) is 0.741. The Morgan fingerprint density at radius 1 is 1.31 bits per heavy atom. The van der Waals surface area contributed by atoms with Crippen molar-refractivity contribution in [2.24, 2.45) is 29.6 Å². The number of furan rings is 1. The fourth-order valence-corrected chi connectivity index (χ4v) is 6.63. The zero-order valence-corrected chi connectivity index (χ0v) is 20.3. The van der Waals surface area contributed by atoms with Gasteiger partial charge in [-0.2, -0.15) is 0 Å². The molecule has 0 aromatic carbocycles. The Morgan fingerprint density at radius 2 is 2.06 bits per heavy atom. The molecule has 5 heteroatoms. The first-order chi connectivity index (χ1) is 15.3. The van der Waals surface area contributed by atoms with Crippen LogP contribution in [0.15, 0.2) is 34.5 Å². The lowest BCUT2D eigenvalue weighted by atomic mass is 9.57. The Kier molecular flexibility index (Phi) is 7.16. The van der Waals surface area contributed by atoms with Crippen molar-refractivity contribution < 1.29 is 19.1 Å². The molecule has 178 valence electrons. The highest BCUT2D eigenvalue weighted by atomic mass is 16.5. The number of hydrogen-bond donors (Lipinski definition) is 1. The molecule has 2 aliphatic carbocycles. The van der Waals surface area contributed by atoms with Gasteiger partial charge in [0.25, 0.3) is 0 Å². The summed E-state index contributed by atoms with van der Waals surface area (Å²) in [5, 5.41) is 11.8. The van der Waals surface area contributed by atoms with E-state index in [-0.39, 0.29) is 23.9 Å². The summed E-state index contributed by atoms with van der Waals surface area (Å²) in [7, 11) is 0. The molecule has 32 heavy (non-hydrogen) atoms. The molecule has 5 nitrogen and oxygen atoms in total. The third kappa shape index (κ3) is 4.99. The van der Waals surface area contributed by atoms with Crippen LogP contribution in [0.25, 0.3) is 0 Å². The first-order valence-electron chi connectivity index (χ1n) is 12.6. The molecule has 1 N–H and O–H groups in total. The summed E-state index contributed by atoms with van der Waals surface area (Å²) in [6.45, 7) is 11.4. The number of likely N-dealkylation sites (tertiary alicyclic amines) is 1. The number of esters is 1. The minimum absolute atomic E-state index is 0.143. The number of piperidine rings is 1. The highest BCUT2D eigenvalue weighted by Gasteiger charge is 2.52. The molecule has 2 heterocycles. The molecular formula is C27H41NO4. The second-order valence-electron chi connectivity index (χ2n) is 10.9. The van der Waals surface area contributed by atoms with Crippen molar-refractivity contribution in [3.05, 3.63) is 35.8 Å². The number of rotatable bonds is 6. The predicted octanol–water partition coefficient (Wildman–Crippen LogP) is 4.85. The van der Waals surface area contributed by atoms with Crippen LogP contribution in [0.1, 0.15) is 65.6 Å². The van der Waals surface area contributed by atoms with E-state index < -0.39 is 5.60 Å². The standard InChI is InChI=1S/C27H41NO4/c1-18-14-25-24(8-7-20(3)27(25,30)16-26(18)32-21(4)29)19(2)17-28-11-9-22(10-12-28)15-23-6-5-13-31-23/h5-6,13-14,19-20,22,24-26,30H,7-12,15-17H2,1-4H3/t19?,20-,24+,25-,26-,27-/m1/s1. The van der Waals surface area contributed by atoms with Gasteiger partial charge in [0.05, 0.1) is 11.9 Å². The maximum absolute atomic E-state index is 11.8. The van der Waals surface area contributed by atoms with Crippen molar-refractivity contribution in [3.8, 4) is 0 Å². The molecule has 0 spiro atoms. The van der Waals surface area contributed by atoms with Crippen molar-refractivity contribution in [2.75, 3.05) is 19.6 Å². The Labute approximate surface area is 193 Å². The van der Waals surface area contributed by atoms with Crippen LogP contribution in [0, 0.1) is 29.6 Å². The molecule has 1 aromatic rings. The van der Waals surface area contributed by atoms with Crippen LogP contribution in [0.2, 0.25) is 0 Å². The van der Waals surface area contributed by atoms with E-state index in [0.29, 0.717) is 18.3 Å². The highest BCUT2D eigenvalue weighted by molar-refractivity contribution is 5.66. The quantitative estimate of drug-likeness (QED) is 0.503. The zero-order chi connectivity index (χ0) is 22.9. The number of hydrogen-bond acceptors (Lipinski definition) is 5. The number of nitrogens with zero attached hydrogens (tertiary/aromatic N) is 1. The summed E-state index contributed by atoms with van der Waals surface area (Å²) in [6.07, 6.45) is 9.95. The maximum atomic E-state index is 11.8. The Bertz CT molecular complexity index is 795. The first-order valence-corrected chi connectivity index (χ1v) is 12.6. The van der Waals surface area contributed by atoms with Gasteiger partial charge < -0.3 is 19.2 Å². The van der Waals surface area contributed by atoms with Gasteiger partial charge in [0.15, 0.2) is 0 Å². The summed E-state index contributed by atoms with van der Waals surface area (Å²) in [5.41, 5.74) is 0.312. The molecule has 2 fully saturated rings. The third-order valence-electron chi connectivity index (χ3n) is 8.65. The minimum Gasteiger partial charge on any atom is -0.469 e. The van der Waals surface area contributed by atoms with Crippen molar-refractivity contribution >= 4 is 5.97 Å². The Balaban J connectivity index is 1.37. The van der Waals surface area contributed by atoms with E-state index in [1.54, 1.807) is 6.26 Å². The van der Waals surface area contributed by atoms with Crippen molar-refractivity contribution in [3.63, 3.8) is 0 Å². The van der Waals surface area contributed by atoms with E-state index in [1.165, 1.54) is 19.8 Å². The van der Waals surface area contributed by atoms with Crippen LogP contribution >= 0.6 is 0 Å². The van der Waals surface area contributed by atoms with Crippen LogP contribution in [0.5, 0.6) is 0 Å². The molecule has 0 amide bonds. The van der Waals surface area contributed by atoms with E-state index in [4.69, 9.17) is 9.15 Å². The van der Waals surface area contributed by atoms with Crippen molar-refractivity contribution in [1.82, 2.24) is 4.90 Å². The van der Waals surface area contributed by atoms with Gasteiger partial charge in [-0.05, 0) is 87.1 Å². The molecule has 1 aliphatic heterocycles. The molecule has 6 atom stereocenters. The Hall–Kier alpha value is -1.59. The molecule has 0 bridgehead atoms. The molecule has 1 aromatic heterocycles. The number of carbonyl (C=O) groups excluding carboxylic acids is 1. The summed E-state index contributed by atoms with van der Waals surface area (Å²) in [6, 6.07) is 4.07. The molecule has 1 saturated carbocycles. The van der Waals surface area contributed by atoms with E-state index >= 15 is 0 Å². The minimum atomic E-state index is -0.785. The summed E-state index contributed by atoms with van der Waals surface area (Å²) in [5.74, 6) is 2.91. The Morgan fingerprint density at radius 3 is 2.72 bits per heavy atom. The van der Waals surface area contributed by atoms with Gasteiger partial charge in [-0.1, -0.05) is 19.9 Å². The van der Waals surface area contributed by atoms with Gasteiger partial charge in [-0.15, -0.1) is 0 Å². The van der Waals surface area contributed by atoms with Gasteiger partial charge in [-0.25, -0.2) is 0 Å². The number of aliphatic hydroxyl groups is 1. The summed E-state index contributed by atoms with van der Waals surface area (Å²) >= 11 is 0. The van der Waals surface area contributed by atoms with Gasteiger partial charge in [0.2, 0.25) is 0 Å². The average Bonchev–Trinajstić information content (AvgIpc) is 3.24. The normalized spacial score (nSPS) is 35.1. The molecule has 1 unspecified atom stereocenters. The second-order valence-corrected chi connectivity index (χ2v) is 10.9. The molecule has 0 radical (unpaired) electrons. The van der Waals surface area contributed by atoms with Gasteiger partial charge >= 0.3 is 5.97 Å². The summed E-state index contributed by atoms with van der Waals surface area (Å²) < 4.78 is 11.1. The zero-order valence-electron chi connectivity index (χ0n) is 20.3. The molecular weight excluding hydrogens is 402 g/mol. The number of ether oxygens (including phenoxy) is 1. The lowest BCUT2D eigenvalue weighted by Crippen LogP contribution is -2.56. The SMILES string of the molecule is CC(=O)O[C@@H]1C[C@@]2(O)[C@H](C)CC[C@@H](C(C)CN3CCC(Cc4ccco4)CC3)[C@H]2C=C1C. The van der Waals surface area contributed by atoms with Crippen LogP contribution in [0.4, 0.5) is 0 Å². The van der Waals surface area contributed by atoms with E-state index in [1.807, 2.05) is 6.07 Å². The van der Waals surface area contributed by atoms with E-state index in [2.05, 4.69) is 37.8 Å². The molecule has 1 saturated heterocycles. The van der Waals surface area contributed by atoms with Gasteiger partial charge in [-0.3, -0.25) is 4.79 Å². The largest absolute Gasteiger partial charge is 0.469 e. The monoisotopic (exact) mass is 443 g/mol. The smallest absolute Gasteiger partial charge is 0.303 e. The maximum Gasteiger partial charge on any atom is 0.303 e. The van der Waals surface area contributed by atoms with Crippen LogP contribution in [-0.4, -0.2) is 47.3 Å². The first kappa shape index (κ1) is 23.6. The molecule has 3 aliphatic rings. The van der Waals surface area contributed by atoms with Gasteiger partial charge in [0.1, 0.15) is 11.9 Å². The topological polar surface area (TPSA) is 62.9 Å². The van der Waals surface area contributed by atoms with Crippen LogP contribution in [-0.2, 0) is 16.0 Å². The number of carbonyl (C=O) groups is 1. The predicted molar refractivity (Wildman–Crippen MR) is 125 cm³/mol. The van der Waals surface area contributed by atoms with E-state index in [0.717, 1.165) is 56.1 Å². The number of fused-ring (bicyclic) bond motifs is 1. The highest BCUT2D eigenvalue weighted by Crippen LogP contribution is 2.51.